The van der Waals surface area contributed by atoms with Crippen molar-refractivity contribution in [3.63, 3.8) is 0 Å². The monoisotopic (exact) mass is 521 g/mol. The number of ether oxygens (including phenoxy) is 1. The van der Waals surface area contributed by atoms with Crippen molar-refractivity contribution in [2.45, 2.75) is 39.0 Å². The molecule has 5 rings (SSSR count). The van der Waals surface area contributed by atoms with E-state index in [-0.39, 0.29) is 17.5 Å². The second-order valence-electron chi connectivity index (χ2n) is 9.24. The number of rotatable bonds is 6. The molecule has 0 unspecified atom stereocenters. The number of carbonyl (C=O) groups excluding carboxylic acids is 1. The molecule has 1 aromatic carbocycles. The normalized spacial score (nSPS) is 14.4. The molecule has 10 heteroatoms. The van der Waals surface area contributed by atoms with Crippen molar-refractivity contribution in [1.82, 2.24) is 24.4 Å². The summed E-state index contributed by atoms with van der Waals surface area (Å²) in [6, 6.07) is 8.05. The largest absolute Gasteiger partial charge is 0.497 e. The van der Waals surface area contributed by atoms with Crippen molar-refractivity contribution in [2.75, 3.05) is 13.7 Å². The lowest BCUT2D eigenvalue weighted by Gasteiger charge is -2.35. The Morgan fingerprint density at radius 2 is 1.84 bits per heavy atom. The summed E-state index contributed by atoms with van der Waals surface area (Å²) >= 11 is 0. The summed E-state index contributed by atoms with van der Waals surface area (Å²) in [6.45, 7) is 4.43. The number of pyridine rings is 2. The minimum absolute atomic E-state index is 0.0108. The Balaban J connectivity index is 1.63. The van der Waals surface area contributed by atoms with E-state index in [4.69, 9.17) is 4.74 Å². The first kappa shape index (κ1) is 25.4. The number of imidazole rings is 1. The molecule has 0 N–H and O–H groups in total. The fourth-order valence-corrected chi connectivity index (χ4v) is 4.95. The third kappa shape index (κ3) is 4.73. The highest BCUT2D eigenvalue weighted by Gasteiger charge is 2.36. The quantitative estimate of drug-likeness (QED) is 0.336. The number of methoxy groups -OCH3 is 1. The summed E-state index contributed by atoms with van der Waals surface area (Å²) in [5.74, 6) is 1.13. The summed E-state index contributed by atoms with van der Waals surface area (Å²) < 4.78 is 49.1. The summed E-state index contributed by atoms with van der Waals surface area (Å²) in [7, 11) is 1.56. The van der Waals surface area contributed by atoms with Crippen molar-refractivity contribution in [1.29, 1.82) is 0 Å². The Morgan fingerprint density at radius 1 is 1.05 bits per heavy atom. The van der Waals surface area contributed by atoms with E-state index in [0.717, 1.165) is 12.0 Å². The van der Waals surface area contributed by atoms with Gasteiger partial charge in [-0.3, -0.25) is 14.8 Å². The van der Waals surface area contributed by atoms with Gasteiger partial charge in [0.25, 0.3) is 5.91 Å². The van der Waals surface area contributed by atoms with Crippen LogP contribution in [-0.2, 0) is 19.1 Å². The van der Waals surface area contributed by atoms with Gasteiger partial charge in [0.05, 0.1) is 24.4 Å². The van der Waals surface area contributed by atoms with E-state index in [2.05, 4.69) is 15.0 Å². The van der Waals surface area contributed by atoms with Gasteiger partial charge in [0.15, 0.2) is 0 Å². The second-order valence-corrected chi connectivity index (χ2v) is 9.24. The lowest BCUT2D eigenvalue weighted by atomic mass is 9.86. The van der Waals surface area contributed by atoms with Crippen LogP contribution in [0.5, 0.6) is 5.75 Å². The lowest BCUT2D eigenvalue weighted by molar-refractivity contribution is -0.137. The van der Waals surface area contributed by atoms with Crippen molar-refractivity contribution < 1.29 is 22.7 Å². The van der Waals surface area contributed by atoms with Crippen LogP contribution in [0.2, 0.25) is 0 Å². The highest BCUT2D eigenvalue weighted by atomic mass is 19.4. The third-order valence-corrected chi connectivity index (χ3v) is 6.98. The minimum Gasteiger partial charge on any atom is -0.497 e. The predicted octanol–water partition coefficient (Wildman–Crippen LogP) is 5.48. The standard InChI is InChI=1S/C28H26F3N5O2/c1-17(26-14-20(38-3)4-8-34-26)36-10-6-21-23(22-5-7-32-15-25(22)28(29,30)31)12-19(13-24(21)27(36)37)16-35-11-9-33-18(35)2/h4-5,7-9,11-15,17H,6,10,16H2,1-3H3/t17-/m0/s1. The number of carbonyl (C=O) groups is 1. The van der Waals surface area contributed by atoms with Crippen LogP contribution in [0.4, 0.5) is 13.2 Å². The molecule has 4 heterocycles. The first-order valence-corrected chi connectivity index (χ1v) is 12.1. The van der Waals surface area contributed by atoms with Crippen molar-refractivity contribution in [3.8, 4) is 16.9 Å². The van der Waals surface area contributed by atoms with E-state index in [1.54, 1.807) is 54.9 Å². The van der Waals surface area contributed by atoms with E-state index in [9.17, 15) is 18.0 Å². The van der Waals surface area contributed by atoms with Gasteiger partial charge in [-0.1, -0.05) is 0 Å². The van der Waals surface area contributed by atoms with Crippen LogP contribution in [-0.4, -0.2) is 44.0 Å². The number of amides is 1. The fraction of sp³-hybridized carbons (Fsp3) is 0.286. The van der Waals surface area contributed by atoms with Crippen LogP contribution in [0.25, 0.3) is 11.1 Å². The maximum Gasteiger partial charge on any atom is 0.418 e. The molecule has 0 spiro atoms. The van der Waals surface area contributed by atoms with Crippen molar-refractivity contribution in [2.24, 2.45) is 0 Å². The number of benzene rings is 1. The van der Waals surface area contributed by atoms with Crippen LogP contribution in [0, 0.1) is 6.92 Å². The van der Waals surface area contributed by atoms with Crippen LogP contribution in [0.15, 0.2) is 61.3 Å². The van der Waals surface area contributed by atoms with Gasteiger partial charge in [-0.2, -0.15) is 13.2 Å². The number of alkyl halides is 3. The number of fused-ring (bicyclic) bond motifs is 1. The van der Waals surface area contributed by atoms with Crippen molar-refractivity contribution >= 4 is 5.91 Å². The van der Waals surface area contributed by atoms with Gasteiger partial charge in [-0.15, -0.1) is 0 Å². The average Bonchev–Trinajstić information content (AvgIpc) is 3.32. The molecular formula is C28H26F3N5O2. The molecule has 1 aliphatic rings. The number of nitrogens with zero attached hydrogens (tertiary/aromatic N) is 5. The van der Waals surface area contributed by atoms with Crippen LogP contribution in [0.3, 0.4) is 0 Å². The second kappa shape index (κ2) is 9.92. The predicted molar refractivity (Wildman–Crippen MR) is 135 cm³/mol. The Labute approximate surface area is 217 Å². The number of halogens is 3. The number of hydrogen-bond acceptors (Lipinski definition) is 5. The molecule has 0 aliphatic carbocycles. The Bertz CT molecular complexity index is 1500. The summed E-state index contributed by atoms with van der Waals surface area (Å²) in [5.41, 5.74) is 1.93. The zero-order valence-electron chi connectivity index (χ0n) is 21.2. The van der Waals surface area contributed by atoms with Crippen LogP contribution in [0.1, 0.15) is 51.5 Å². The summed E-state index contributed by atoms with van der Waals surface area (Å²) in [4.78, 5) is 28.0. The Morgan fingerprint density at radius 3 is 2.55 bits per heavy atom. The topological polar surface area (TPSA) is 73.1 Å². The molecule has 4 aromatic rings. The van der Waals surface area contributed by atoms with Gasteiger partial charge in [-0.05, 0) is 66.8 Å². The minimum atomic E-state index is -4.59. The van der Waals surface area contributed by atoms with E-state index in [0.29, 0.717) is 53.2 Å². The molecule has 0 bridgehead atoms. The number of aryl methyl sites for hydroxylation is 1. The molecule has 7 nitrogen and oxygen atoms in total. The van der Waals surface area contributed by atoms with E-state index >= 15 is 0 Å². The maximum absolute atomic E-state index is 14.0. The van der Waals surface area contributed by atoms with Gasteiger partial charge in [0.2, 0.25) is 0 Å². The molecule has 0 radical (unpaired) electrons. The van der Waals surface area contributed by atoms with Crippen LogP contribution < -0.4 is 4.74 Å². The zero-order valence-corrected chi connectivity index (χ0v) is 21.2. The van der Waals surface area contributed by atoms with Gasteiger partial charge in [0, 0.05) is 55.7 Å². The fourth-order valence-electron chi connectivity index (χ4n) is 4.95. The average molecular weight is 522 g/mol. The molecule has 1 aliphatic heterocycles. The van der Waals surface area contributed by atoms with Gasteiger partial charge < -0.3 is 14.2 Å². The van der Waals surface area contributed by atoms with E-state index in [1.807, 2.05) is 18.4 Å². The third-order valence-electron chi connectivity index (χ3n) is 6.98. The first-order valence-electron chi connectivity index (χ1n) is 12.1. The van der Waals surface area contributed by atoms with Crippen LogP contribution >= 0.6 is 0 Å². The molecule has 1 amide bonds. The highest BCUT2D eigenvalue weighted by Crippen LogP contribution is 2.41. The molecule has 0 saturated heterocycles. The smallest absolute Gasteiger partial charge is 0.418 e. The Hall–Kier alpha value is -4.21. The number of aromatic nitrogens is 4. The van der Waals surface area contributed by atoms with Gasteiger partial charge in [0.1, 0.15) is 11.6 Å². The SMILES string of the molecule is COc1ccnc([C@H](C)N2CCc3c(cc(Cn4ccnc4C)cc3-c3ccncc3C(F)(F)F)C2=O)c1. The highest BCUT2D eigenvalue weighted by molar-refractivity contribution is 5.99. The molecule has 3 aromatic heterocycles. The molecule has 38 heavy (non-hydrogen) atoms. The van der Waals surface area contributed by atoms with Crippen molar-refractivity contribution in [3.05, 3.63) is 95.1 Å². The zero-order chi connectivity index (χ0) is 27.0. The molecule has 1 atom stereocenters. The van der Waals surface area contributed by atoms with Gasteiger partial charge in [-0.25, -0.2) is 4.98 Å². The summed E-state index contributed by atoms with van der Waals surface area (Å²) in [6.07, 6.45) is 3.07. The summed E-state index contributed by atoms with van der Waals surface area (Å²) in [5, 5.41) is 0. The molecule has 0 fully saturated rings. The molecule has 196 valence electrons. The van der Waals surface area contributed by atoms with Gasteiger partial charge >= 0.3 is 6.18 Å². The molecule has 0 saturated carbocycles. The number of hydrogen-bond donors (Lipinski definition) is 0. The first-order chi connectivity index (χ1) is 18.2. The lowest BCUT2D eigenvalue weighted by Crippen LogP contribution is -2.40. The maximum atomic E-state index is 14.0. The Kier molecular flexibility index (Phi) is 6.64. The van der Waals surface area contributed by atoms with E-state index in [1.165, 1.54) is 12.3 Å². The van der Waals surface area contributed by atoms with E-state index < -0.39 is 11.7 Å². The molecular weight excluding hydrogens is 495 g/mol.